The number of aromatic nitrogens is 4. The van der Waals surface area contributed by atoms with E-state index in [0.717, 1.165) is 0 Å². The number of aryl methyl sites for hydroxylation is 3. The van der Waals surface area contributed by atoms with Gasteiger partial charge in [0.15, 0.2) is 0 Å². The SMILES string of the molecule is CCc1nn(C)c(CC)c1S(=O)(=O)Nc1nnc(C)s1. The van der Waals surface area contributed by atoms with Gasteiger partial charge in [0.2, 0.25) is 5.13 Å². The molecule has 2 heterocycles. The third-order valence-corrected chi connectivity index (χ3v) is 5.23. The Morgan fingerprint density at radius 2 is 1.95 bits per heavy atom. The molecule has 110 valence electrons. The number of anilines is 1. The van der Waals surface area contributed by atoms with E-state index in [9.17, 15) is 8.42 Å². The minimum absolute atomic E-state index is 0.262. The summed E-state index contributed by atoms with van der Waals surface area (Å²) in [6.07, 6.45) is 1.15. The van der Waals surface area contributed by atoms with Crippen molar-refractivity contribution in [2.75, 3.05) is 4.72 Å². The molecule has 2 aromatic rings. The monoisotopic (exact) mass is 315 g/mol. The van der Waals surface area contributed by atoms with E-state index >= 15 is 0 Å². The smallest absolute Gasteiger partial charge is 0.267 e. The van der Waals surface area contributed by atoms with Crippen LogP contribution in [0.3, 0.4) is 0 Å². The van der Waals surface area contributed by atoms with E-state index in [1.165, 1.54) is 11.3 Å². The van der Waals surface area contributed by atoms with Gasteiger partial charge in [-0.25, -0.2) is 8.42 Å². The molecule has 0 unspecified atom stereocenters. The van der Waals surface area contributed by atoms with Gasteiger partial charge in [0.05, 0.1) is 11.4 Å². The molecular formula is C11H17N5O2S2. The normalized spacial score (nSPS) is 11.8. The highest BCUT2D eigenvalue weighted by Gasteiger charge is 2.27. The van der Waals surface area contributed by atoms with Crippen molar-refractivity contribution in [1.29, 1.82) is 0 Å². The van der Waals surface area contributed by atoms with Crippen LogP contribution in [0, 0.1) is 6.92 Å². The second-order valence-corrected chi connectivity index (χ2v) is 7.09. The molecule has 0 atom stereocenters. The third-order valence-electron chi connectivity index (χ3n) is 2.87. The maximum Gasteiger partial charge on any atom is 0.267 e. The first-order valence-electron chi connectivity index (χ1n) is 6.26. The zero-order chi connectivity index (χ0) is 14.9. The average molecular weight is 315 g/mol. The Hall–Kier alpha value is -1.48. The molecule has 0 aliphatic carbocycles. The van der Waals surface area contributed by atoms with Gasteiger partial charge < -0.3 is 0 Å². The van der Waals surface area contributed by atoms with Crippen LogP contribution in [-0.4, -0.2) is 28.4 Å². The predicted molar refractivity (Wildman–Crippen MR) is 77.4 cm³/mol. The Bertz CT molecular complexity index is 717. The van der Waals surface area contributed by atoms with Gasteiger partial charge in [0.25, 0.3) is 10.0 Å². The van der Waals surface area contributed by atoms with Gasteiger partial charge in [-0.1, -0.05) is 25.2 Å². The molecule has 0 aliphatic heterocycles. The molecule has 0 spiro atoms. The molecule has 0 bridgehead atoms. The minimum atomic E-state index is -3.69. The highest BCUT2D eigenvalue weighted by molar-refractivity contribution is 7.93. The summed E-state index contributed by atoms with van der Waals surface area (Å²) in [6.45, 7) is 5.56. The molecule has 1 N–H and O–H groups in total. The fourth-order valence-electron chi connectivity index (χ4n) is 2.03. The summed E-state index contributed by atoms with van der Waals surface area (Å²) in [7, 11) is -1.93. The highest BCUT2D eigenvalue weighted by atomic mass is 32.2. The predicted octanol–water partition coefficient (Wildman–Crippen LogP) is 1.51. The van der Waals surface area contributed by atoms with Crippen molar-refractivity contribution in [2.45, 2.75) is 38.5 Å². The zero-order valence-electron chi connectivity index (χ0n) is 11.8. The second-order valence-electron chi connectivity index (χ2n) is 4.28. The van der Waals surface area contributed by atoms with Crippen molar-refractivity contribution in [3.8, 4) is 0 Å². The first kappa shape index (κ1) is 14.9. The number of nitrogens with zero attached hydrogens (tertiary/aromatic N) is 4. The lowest BCUT2D eigenvalue weighted by atomic mass is 10.2. The van der Waals surface area contributed by atoms with Crippen LogP contribution in [0.15, 0.2) is 4.90 Å². The van der Waals surface area contributed by atoms with E-state index in [1.54, 1.807) is 18.7 Å². The second kappa shape index (κ2) is 5.49. The van der Waals surface area contributed by atoms with Crippen molar-refractivity contribution in [2.24, 2.45) is 7.05 Å². The standard InChI is InChI=1S/C11H17N5O2S2/c1-5-8-10(9(6-2)16(4)14-8)20(17,18)15-11-13-12-7(3)19-11/h5-6H2,1-4H3,(H,13,15). The first-order valence-corrected chi connectivity index (χ1v) is 8.56. The maximum atomic E-state index is 12.6. The van der Waals surface area contributed by atoms with Crippen LogP contribution in [0.25, 0.3) is 0 Å². The fraction of sp³-hybridized carbons (Fsp3) is 0.545. The molecule has 0 amide bonds. The number of nitrogens with one attached hydrogen (secondary N) is 1. The third kappa shape index (κ3) is 2.68. The van der Waals surface area contributed by atoms with E-state index in [1.807, 2.05) is 13.8 Å². The number of rotatable bonds is 5. The van der Waals surface area contributed by atoms with Crippen molar-refractivity contribution < 1.29 is 8.42 Å². The van der Waals surface area contributed by atoms with Gasteiger partial charge in [-0.3, -0.25) is 9.40 Å². The molecule has 0 saturated carbocycles. The van der Waals surface area contributed by atoms with E-state index in [2.05, 4.69) is 20.0 Å². The lowest BCUT2D eigenvalue weighted by molar-refractivity contribution is 0.598. The zero-order valence-corrected chi connectivity index (χ0v) is 13.5. The van der Waals surface area contributed by atoms with Crippen LogP contribution in [0.2, 0.25) is 0 Å². The van der Waals surface area contributed by atoms with Crippen LogP contribution in [0.5, 0.6) is 0 Å². The molecular weight excluding hydrogens is 298 g/mol. The Balaban J connectivity index is 2.48. The molecule has 2 rings (SSSR count). The lowest BCUT2D eigenvalue weighted by Crippen LogP contribution is -2.16. The number of hydrogen-bond donors (Lipinski definition) is 1. The highest BCUT2D eigenvalue weighted by Crippen LogP contribution is 2.25. The molecule has 7 nitrogen and oxygen atoms in total. The molecule has 0 radical (unpaired) electrons. The van der Waals surface area contributed by atoms with Crippen molar-refractivity contribution in [1.82, 2.24) is 20.0 Å². The van der Waals surface area contributed by atoms with Crippen LogP contribution in [-0.2, 0) is 29.9 Å². The van der Waals surface area contributed by atoms with Gasteiger partial charge in [-0.15, -0.1) is 10.2 Å². The van der Waals surface area contributed by atoms with Crippen molar-refractivity contribution in [3.05, 3.63) is 16.4 Å². The van der Waals surface area contributed by atoms with Gasteiger partial charge in [-0.2, -0.15) is 5.10 Å². The van der Waals surface area contributed by atoms with Crippen molar-refractivity contribution in [3.63, 3.8) is 0 Å². The van der Waals surface area contributed by atoms with Gasteiger partial charge >= 0.3 is 0 Å². The molecule has 0 aromatic carbocycles. The lowest BCUT2D eigenvalue weighted by Gasteiger charge is -2.07. The van der Waals surface area contributed by atoms with Crippen LogP contribution < -0.4 is 4.72 Å². The summed E-state index contributed by atoms with van der Waals surface area (Å²) in [5.74, 6) is 0. The fourth-order valence-corrected chi connectivity index (χ4v) is 4.43. The molecule has 20 heavy (non-hydrogen) atoms. The molecule has 0 fully saturated rings. The van der Waals surface area contributed by atoms with Crippen LogP contribution in [0.4, 0.5) is 5.13 Å². The molecule has 2 aromatic heterocycles. The Morgan fingerprint density at radius 1 is 1.25 bits per heavy atom. The van der Waals surface area contributed by atoms with E-state index in [0.29, 0.717) is 29.2 Å². The summed E-state index contributed by atoms with van der Waals surface area (Å²) >= 11 is 1.20. The summed E-state index contributed by atoms with van der Waals surface area (Å²) in [5.41, 5.74) is 1.26. The molecule has 9 heteroatoms. The Labute approximate surface area is 122 Å². The van der Waals surface area contributed by atoms with Crippen LogP contribution in [0.1, 0.15) is 30.2 Å². The summed E-state index contributed by atoms with van der Waals surface area (Å²) in [4.78, 5) is 0.262. The average Bonchev–Trinajstić information content (AvgIpc) is 2.92. The van der Waals surface area contributed by atoms with Gasteiger partial charge in [0.1, 0.15) is 9.90 Å². The summed E-state index contributed by atoms with van der Waals surface area (Å²) in [5, 5.41) is 12.9. The first-order chi connectivity index (χ1) is 9.39. The summed E-state index contributed by atoms with van der Waals surface area (Å²) < 4.78 is 29.2. The van der Waals surface area contributed by atoms with Crippen LogP contribution >= 0.6 is 11.3 Å². The summed E-state index contributed by atoms with van der Waals surface area (Å²) in [6, 6.07) is 0. The van der Waals surface area contributed by atoms with Crippen molar-refractivity contribution >= 4 is 26.5 Å². The topological polar surface area (TPSA) is 89.8 Å². The Morgan fingerprint density at radius 3 is 2.45 bits per heavy atom. The van der Waals surface area contributed by atoms with E-state index in [4.69, 9.17) is 0 Å². The molecule has 0 aliphatic rings. The van der Waals surface area contributed by atoms with Gasteiger partial charge in [-0.05, 0) is 19.8 Å². The maximum absolute atomic E-state index is 12.6. The van der Waals surface area contributed by atoms with Gasteiger partial charge in [0, 0.05) is 7.05 Å². The minimum Gasteiger partial charge on any atom is -0.271 e. The molecule has 0 saturated heterocycles. The van der Waals surface area contributed by atoms with E-state index in [-0.39, 0.29) is 10.0 Å². The largest absolute Gasteiger partial charge is 0.271 e. The quantitative estimate of drug-likeness (QED) is 0.903. The Kier molecular flexibility index (Phi) is 4.09. The number of sulfonamides is 1. The number of hydrogen-bond acceptors (Lipinski definition) is 6. The van der Waals surface area contributed by atoms with E-state index < -0.39 is 10.0 Å².